The molecule has 3 N–H and O–H groups in total. The molecule has 1 aromatic carbocycles. The molecule has 3 aromatic rings. The molecular weight excluding hydrogens is 330 g/mol. The van der Waals surface area contributed by atoms with Crippen LogP contribution < -0.4 is 11.3 Å². The summed E-state index contributed by atoms with van der Waals surface area (Å²) in [5, 5.41) is 0. The molecule has 0 atom stereocenters. The zero-order chi connectivity index (χ0) is 18.3. The summed E-state index contributed by atoms with van der Waals surface area (Å²) in [6.07, 6.45) is 0.733. The Labute approximate surface area is 150 Å². The highest BCUT2D eigenvalue weighted by atomic mass is 16.4. The predicted octanol–water partition coefficient (Wildman–Crippen LogP) is 2.18. The van der Waals surface area contributed by atoms with Crippen LogP contribution in [-0.4, -0.2) is 26.4 Å². The van der Waals surface area contributed by atoms with Crippen molar-refractivity contribution in [1.82, 2.24) is 19.9 Å². The number of nitrogens with zero attached hydrogens (tertiary/aromatic N) is 3. The number of fused-ring (bicyclic) bond motifs is 1. The smallest absolute Gasteiger partial charge is 0.255 e. The van der Waals surface area contributed by atoms with Gasteiger partial charge in [0, 0.05) is 44.2 Å². The molecule has 1 aliphatic heterocycles. The van der Waals surface area contributed by atoms with E-state index in [9.17, 15) is 4.79 Å². The summed E-state index contributed by atoms with van der Waals surface area (Å²) in [6, 6.07) is 7.34. The molecule has 0 unspecified atom stereocenters. The number of nitrogens with one attached hydrogen (secondary N) is 1. The quantitative estimate of drug-likeness (QED) is 0.702. The van der Waals surface area contributed by atoms with E-state index in [1.54, 1.807) is 12.1 Å². The van der Waals surface area contributed by atoms with E-state index in [0.29, 0.717) is 30.5 Å². The van der Waals surface area contributed by atoms with Crippen LogP contribution >= 0.6 is 0 Å². The second kappa shape index (κ2) is 6.42. The predicted molar refractivity (Wildman–Crippen MR) is 98.5 cm³/mol. The molecule has 134 valence electrons. The summed E-state index contributed by atoms with van der Waals surface area (Å²) >= 11 is 0. The summed E-state index contributed by atoms with van der Waals surface area (Å²) in [4.78, 5) is 26.8. The number of oxazole rings is 1. The van der Waals surface area contributed by atoms with Gasteiger partial charge in [-0.1, -0.05) is 0 Å². The fourth-order valence-corrected chi connectivity index (χ4v) is 3.32. The average molecular weight is 351 g/mol. The van der Waals surface area contributed by atoms with Gasteiger partial charge in [0.05, 0.1) is 17.0 Å². The monoisotopic (exact) mass is 351 g/mol. The van der Waals surface area contributed by atoms with E-state index >= 15 is 0 Å². The van der Waals surface area contributed by atoms with Crippen LogP contribution in [0.1, 0.15) is 28.6 Å². The molecule has 0 spiro atoms. The minimum absolute atomic E-state index is 0.0837. The molecule has 7 heteroatoms. The Kier molecular flexibility index (Phi) is 4.08. The molecule has 0 fully saturated rings. The Morgan fingerprint density at radius 2 is 2.00 bits per heavy atom. The minimum atomic E-state index is -0.0837. The van der Waals surface area contributed by atoms with Crippen molar-refractivity contribution in [3.8, 4) is 11.4 Å². The highest BCUT2D eigenvalue weighted by Crippen LogP contribution is 2.21. The van der Waals surface area contributed by atoms with Gasteiger partial charge in [0.2, 0.25) is 0 Å². The van der Waals surface area contributed by atoms with Gasteiger partial charge >= 0.3 is 0 Å². The van der Waals surface area contributed by atoms with Crippen LogP contribution in [0.2, 0.25) is 0 Å². The van der Waals surface area contributed by atoms with Crippen LogP contribution in [0.5, 0.6) is 0 Å². The average Bonchev–Trinajstić information content (AvgIpc) is 2.93. The van der Waals surface area contributed by atoms with Crippen LogP contribution in [0, 0.1) is 13.8 Å². The second-order valence-electron chi connectivity index (χ2n) is 6.66. The number of H-pyrrole nitrogens is 1. The lowest BCUT2D eigenvalue weighted by atomic mass is 10.1. The fourth-order valence-electron chi connectivity index (χ4n) is 3.32. The van der Waals surface area contributed by atoms with E-state index in [2.05, 4.69) is 19.9 Å². The van der Waals surface area contributed by atoms with E-state index in [1.807, 2.05) is 26.0 Å². The summed E-state index contributed by atoms with van der Waals surface area (Å²) in [7, 11) is 0. The normalized spacial score (nSPS) is 14.4. The van der Waals surface area contributed by atoms with E-state index in [4.69, 9.17) is 10.2 Å². The first-order valence-electron chi connectivity index (χ1n) is 8.63. The van der Waals surface area contributed by atoms with Crippen LogP contribution in [0.3, 0.4) is 0 Å². The maximum Gasteiger partial charge on any atom is 0.255 e. The maximum absolute atomic E-state index is 12.6. The lowest BCUT2D eigenvalue weighted by Crippen LogP contribution is -2.35. The summed E-state index contributed by atoms with van der Waals surface area (Å²) < 4.78 is 5.50. The van der Waals surface area contributed by atoms with Crippen molar-refractivity contribution < 1.29 is 4.42 Å². The standard InChI is InChI=1S/C19H21N5O2/c1-11-17(21-12(2)26-11)10-24-8-7-16-15(9-24)19(25)23-18(22-16)13-3-5-14(20)6-4-13/h3-6H,7-10,20H2,1-2H3,(H,22,23,25). The summed E-state index contributed by atoms with van der Waals surface area (Å²) in [6.45, 7) is 5.82. The largest absolute Gasteiger partial charge is 0.446 e. The Bertz CT molecular complexity index is 1000. The number of hydrogen-bond acceptors (Lipinski definition) is 6. The van der Waals surface area contributed by atoms with Crippen molar-refractivity contribution in [3.63, 3.8) is 0 Å². The van der Waals surface area contributed by atoms with Gasteiger partial charge in [0.1, 0.15) is 11.6 Å². The van der Waals surface area contributed by atoms with E-state index < -0.39 is 0 Å². The van der Waals surface area contributed by atoms with Gasteiger partial charge in [0.25, 0.3) is 5.56 Å². The van der Waals surface area contributed by atoms with Crippen molar-refractivity contribution in [3.05, 3.63) is 63.2 Å². The first kappa shape index (κ1) is 16.5. The summed E-state index contributed by atoms with van der Waals surface area (Å²) in [5.41, 5.74) is 9.70. The lowest BCUT2D eigenvalue weighted by Gasteiger charge is -2.27. The zero-order valence-corrected chi connectivity index (χ0v) is 14.9. The molecule has 0 bridgehead atoms. The van der Waals surface area contributed by atoms with Gasteiger partial charge in [-0.3, -0.25) is 9.69 Å². The van der Waals surface area contributed by atoms with Crippen LogP contribution in [0.15, 0.2) is 33.5 Å². The molecule has 0 amide bonds. The number of nitrogen functional groups attached to an aromatic ring is 1. The number of nitrogens with two attached hydrogens (primary N) is 1. The highest BCUT2D eigenvalue weighted by Gasteiger charge is 2.23. The molecule has 0 saturated carbocycles. The third-order valence-corrected chi connectivity index (χ3v) is 4.70. The third-order valence-electron chi connectivity index (χ3n) is 4.70. The lowest BCUT2D eigenvalue weighted by molar-refractivity contribution is 0.238. The Hall–Kier alpha value is -2.93. The number of anilines is 1. The second-order valence-corrected chi connectivity index (χ2v) is 6.66. The third kappa shape index (κ3) is 3.13. The SMILES string of the molecule is Cc1nc(CN2CCc3nc(-c4ccc(N)cc4)[nH]c(=O)c3C2)c(C)o1. The van der Waals surface area contributed by atoms with E-state index in [0.717, 1.165) is 41.2 Å². The molecular formula is C19H21N5O2. The molecule has 7 nitrogen and oxygen atoms in total. The number of aromatic amines is 1. The van der Waals surface area contributed by atoms with E-state index in [-0.39, 0.29) is 5.56 Å². The van der Waals surface area contributed by atoms with Gasteiger partial charge in [0.15, 0.2) is 5.89 Å². The van der Waals surface area contributed by atoms with Crippen LogP contribution in [0.4, 0.5) is 5.69 Å². The molecule has 0 saturated heterocycles. The first-order valence-corrected chi connectivity index (χ1v) is 8.63. The molecule has 2 aromatic heterocycles. The molecule has 0 aliphatic carbocycles. The zero-order valence-electron chi connectivity index (χ0n) is 14.9. The van der Waals surface area contributed by atoms with Crippen molar-refractivity contribution in [2.24, 2.45) is 0 Å². The van der Waals surface area contributed by atoms with E-state index in [1.165, 1.54) is 0 Å². The van der Waals surface area contributed by atoms with Gasteiger partial charge in [-0.25, -0.2) is 9.97 Å². The highest BCUT2D eigenvalue weighted by molar-refractivity contribution is 5.58. The molecule has 4 rings (SSSR count). The van der Waals surface area contributed by atoms with Gasteiger partial charge in [-0.05, 0) is 31.2 Å². The minimum Gasteiger partial charge on any atom is -0.446 e. The molecule has 3 heterocycles. The number of aromatic nitrogens is 3. The van der Waals surface area contributed by atoms with Crippen LogP contribution in [0.25, 0.3) is 11.4 Å². The van der Waals surface area contributed by atoms with Gasteiger partial charge < -0.3 is 15.1 Å². The molecule has 26 heavy (non-hydrogen) atoms. The van der Waals surface area contributed by atoms with Crippen molar-refractivity contribution in [2.45, 2.75) is 33.4 Å². The van der Waals surface area contributed by atoms with Crippen molar-refractivity contribution >= 4 is 5.69 Å². The Morgan fingerprint density at radius 3 is 2.69 bits per heavy atom. The Morgan fingerprint density at radius 1 is 1.23 bits per heavy atom. The number of rotatable bonds is 3. The van der Waals surface area contributed by atoms with Gasteiger partial charge in [-0.15, -0.1) is 0 Å². The molecule has 1 aliphatic rings. The Balaban J connectivity index is 1.59. The summed E-state index contributed by atoms with van der Waals surface area (Å²) in [5.74, 6) is 2.09. The first-order chi connectivity index (χ1) is 12.5. The number of benzene rings is 1. The maximum atomic E-state index is 12.6. The molecule has 0 radical (unpaired) electrons. The fraction of sp³-hybridized carbons (Fsp3) is 0.316. The topological polar surface area (TPSA) is 101 Å². The van der Waals surface area contributed by atoms with Crippen LogP contribution in [-0.2, 0) is 19.5 Å². The van der Waals surface area contributed by atoms with Crippen molar-refractivity contribution in [2.75, 3.05) is 12.3 Å². The number of aryl methyl sites for hydroxylation is 2. The van der Waals surface area contributed by atoms with Crippen molar-refractivity contribution in [1.29, 1.82) is 0 Å². The van der Waals surface area contributed by atoms with Gasteiger partial charge in [-0.2, -0.15) is 0 Å². The number of hydrogen-bond donors (Lipinski definition) is 2.